The maximum Gasteiger partial charge on any atom is 0.257 e. The normalized spacial score (nSPS) is 11.0. The average molecular weight is 480 g/mol. The Morgan fingerprint density at radius 2 is 1.47 bits per heavy atom. The number of rotatable bonds is 8. The number of amides is 2. The van der Waals surface area contributed by atoms with Gasteiger partial charge in [-0.25, -0.2) is 9.97 Å². The first-order valence-electron chi connectivity index (χ1n) is 11.6. The first-order valence-corrected chi connectivity index (χ1v) is 11.6. The lowest BCUT2D eigenvalue weighted by molar-refractivity contribution is 0.0939. The zero-order valence-electron chi connectivity index (χ0n) is 19.8. The van der Waals surface area contributed by atoms with E-state index in [1.54, 1.807) is 31.4 Å². The number of nitrogens with one attached hydrogen (secondary N) is 2. The molecule has 8 heteroatoms. The van der Waals surface area contributed by atoms with Crippen LogP contribution in [0.4, 0.5) is 5.82 Å². The van der Waals surface area contributed by atoms with Gasteiger partial charge in [0, 0.05) is 19.2 Å². The number of carbonyl (C=O) groups is 2. The van der Waals surface area contributed by atoms with Crippen molar-refractivity contribution in [2.75, 3.05) is 25.6 Å². The largest absolute Gasteiger partial charge is 0.383 e. The van der Waals surface area contributed by atoms with Crippen molar-refractivity contribution in [2.24, 2.45) is 0 Å². The maximum atomic E-state index is 13.5. The Hall–Kier alpha value is -4.56. The van der Waals surface area contributed by atoms with E-state index >= 15 is 0 Å². The third-order valence-corrected chi connectivity index (χ3v) is 5.82. The fraction of sp³-hybridized carbons (Fsp3) is 0.143. The zero-order chi connectivity index (χ0) is 24.9. The van der Waals surface area contributed by atoms with Crippen LogP contribution in [0, 0.1) is 0 Å². The predicted octanol–water partition coefficient (Wildman–Crippen LogP) is 4.26. The SMILES string of the molecule is COCCNC(=O)c1c(NC(=O)c2ccccc2)n(Cc2ccccc2)c2nc3ccccc3nc12. The molecule has 3 aromatic carbocycles. The molecule has 2 amide bonds. The van der Waals surface area contributed by atoms with Crippen LogP contribution in [0.15, 0.2) is 84.9 Å². The van der Waals surface area contributed by atoms with E-state index in [4.69, 9.17) is 14.7 Å². The summed E-state index contributed by atoms with van der Waals surface area (Å²) < 4.78 is 6.94. The molecule has 8 nitrogen and oxygen atoms in total. The summed E-state index contributed by atoms with van der Waals surface area (Å²) >= 11 is 0. The second-order valence-electron chi connectivity index (χ2n) is 8.25. The number of methoxy groups -OCH3 is 1. The number of hydrogen-bond acceptors (Lipinski definition) is 5. The summed E-state index contributed by atoms with van der Waals surface area (Å²) in [6, 6.07) is 26.2. The van der Waals surface area contributed by atoms with Crippen molar-refractivity contribution in [3.8, 4) is 0 Å². The number of aromatic nitrogens is 3. The van der Waals surface area contributed by atoms with Gasteiger partial charge in [-0.15, -0.1) is 0 Å². The van der Waals surface area contributed by atoms with Gasteiger partial charge in [0.1, 0.15) is 16.9 Å². The van der Waals surface area contributed by atoms with E-state index < -0.39 is 0 Å². The second kappa shape index (κ2) is 10.4. The number of anilines is 1. The molecule has 0 bridgehead atoms. The summed E-state index contributed by atoms with van der Waals surface area (Å²) in [5, 5.41) is 5.86. The van der Waals surface area contributed by atoms with Crippen molar-refractivity contribution >= 4 is 39.8 Å². The number of ether oxygens (including phenoxy) is 1. The fourth-order valence-electron chi connectivity index (χ4n) is 4.09. The second-order valence-corrected chi connectivity index (χ2v) is 8.25. The number of para-hydroxylation sites is 2. The molecule has 0 spiro atoms. The molecule has 0 aliphatic carbocycles. The average Bonchev–Trinajstić information content (AvgIpc) is 3.20. The molecule has 2 aromatic heterocycles. The topological polar surface area (TPSA) is 98.1 Å². The Bertz CT molecular complexity index is 1530. The van der Waals surface area contributed by atoms with Gasteiger partial charge in [-0.1, -0.05) is 60.7 Å². The lowest BCUT2D eigenvalue weighted by atomic mass is 10.2. The Labute approximate surface area is 207 Å². The number of carbonyl (C=O) groups excluding carboxylic acids is 2. The molecule has 0 radical (unpaired) electrons. The Kier molecular flexibility index (Phi) is 6.68. The first kappa shape index (κ1) is 23.2. The van der Waals surface area contributed by atoms with E-state index in [0.29, 0.717) is 53.3 Å². The van der Waals surface area contributed by atoms with E-state index in [9.17, 15) is 9.59 Å². The van der Waals surface area contributed by atoms with Gasteiger partial charge in [-0.3, -0.25) is 9.59 Å². The third kappa shape index (κ3) is 4.67. The summed E-state index contributed by atoms with van der Waals surface area (Å²) in [5.74, 6) is -0.354. The standard InChI is InChI=1S/C28H25N5O3/c1-36-17-16-29-28(35)23-24-26(31-22-15-9-8-14-21(22)30-24)33(18-19-10-4-2-5-11-19)25(23)32-27(34)20-12-6-3-7-13-20/h2-15H,16-18H2,1H3,(H,29,35)(H,32,34). The van der Waals surface area contributed by atoms with Gasteiger partial charge in [0.2, 0.25) is 0 Å². The highest BCUT2D eigenvalue weighted by atomic mass is 16.5. The molecule has 5 aromatic rings. The predicted molar refractivity (Wildman–Crippen MR) is 139 cm³/mol. The van der Waals surface area contributed by atoms with Crippen molar-refractivity contribution in [1.29, 1.82) is 0 Å². The van der Waals surface area contributed by atoms with Crippen molar-refractivity contribution in [2.45, 2.75) is 6.54 Å². The smallest absolute Gasteiger partial charge is 0.257 e. The zero-order valence-corrected chi connectivity index (χ0v) is 19.8. The minimum atomic E-state index is -0.364. The first-order chi connectivity index (χ1) is 17.7. The van der Waals surface area contributed by atoms with E-state index in [-0.39, 0.29) is 17.4 Å². The van der Waals surface area contributed by atoms with Crippen LogP contribution in [0.5, 0.6) is 0 Å². The summed E-state index contributed by atoms with van der Waals surface area (Å²) in [6.07, 6.45) is 0. The van der Waals surface area contributed by atoms with Crippen LogP contribution in [0.1, 0.15) is 26.3 Å². The molecular weight excluding hydrogens is 454 g/mol. The maximum absolute atomic E-state index is 13.5. The van der Waals surface area contributed by atoms with Crippen LogP contribution >= 0.6 is 0 Å². The van der Waals surface area contributed by atoms with E-state index in [1.807, 2.05) is 65.2 Å². The fourth-order valence-corrected chi connectivity index (χ4v) is 4.09. The van der Waals surface area contributed by atoms with Crippen LogP contribution in [-0.2, 0) is 11.3 Å². The highest BCUT2D eigenvalue weighted by Crippen LogP contribution is 2.31. The molecule has 0 saturated carbocycles. The molecule has 2 heterocycles. The molecule has 0 aliphatic heterocycles. The van der Waals surface area contributed by atoms with Gasteiger partial charge in [0.05, 0.1) is 24.2 Å². The minimum absolute atomic E-state index is 0.263. The molecule has 0 unspecified atom stereocenters. The summed E-state index contributed by atoms with van der Waals surface area (Å²) in [5.41, 5.74) is 4.02. The summed E-state index contributed by atoms with van der Waals surface area (Å²) in [7, 11) is 1.57. The molecule has 5 rings (SSSR count). The molecule has 180 valence electrons. The molecular formula is C28H25N5O3. The van der Waals surface area contributed by atoms with Crippen LogP contribution in [-0.4, -0.2) is 46.6 Å². The van der Waals surface area contributed by atoms with Crippen molar-refractivity contribution in [3.63, 3.8) is 0 Å². The van der Waals surface area contributed by atoms with Gasteiger partial charge in [0.15, 0.2) is 5.65 Å². The molecule has 0 saturated heterocycles. The molecule has 0 aliphatic rings. The van der Waals surface area contributed by atoms with Crippen molar-refractivity contribution < 1.29 is 14.3 Å². The lowest BCUT2D eigenvalue weighted by Crippen LogP contribution is -2.28. The quantitative estimate of drug-likeness (QED) is 0.324. The van der Waals surface area contributed by atoms with Crippen LogP contribution in [0.25, 0.3) is 22.2 Å². The Balaban J connectivity index is 1.72. The number of hydrogen-bond donors (Lipinski definition) is 2. The van der Waals surface area contributed by atoms with Gasteiger partial charge >= 0.3 is 0 Å². The number of fused-ring (bicyclic) bond motifs is 2. The van der Waals surface area contributed by atoms with Gasteiger partial charge in [0.25, 0.3) is 11.8 Å². The molecule has 0 atom stereocenters. The summed E-state index contributed by atoms with van der Waals surface area (Å²) in [6.45, 7) is 1.06. The number of benzene rings is 3. The van der Waals surface area contributed by atoms with Gasteiger partial charge < -0.3 is 19.9 Å². The van der Waals surface area contributed by atoms with Crippen LogP contribution < -0.4 is 10.6 Å². The van der Waals surface area contributed by atoms with E-state index in [2.05, 4.69) is 10.6 Å². The monoisotopic (exact) mass is 479 g/mol. The summed E-state index contributed by atoms with van der Waals surface area (Å²) in [4.78, 5) is 36.4. The van der Waals surface area contributed by atoms with Gasteiger partial charge in [-0.05, 0) is 29.8 Å². The van der Waals surface area contributed by atoms with E-state index in [1.165, 1.54) is 0 Å². The Morgan fingerprint density at radius 1 is 0.833 bits per heavy atom. The molecule has 2 N–H and O–H groups in total. The van der Waals surface area contributed by atoms with Crippen LogP contribution in [0.2, 0.25) is 0 Å². The molecule has 0 fully saturated rings. The van der Waals surface area contributed by atoms with E-state index in [0.717, 1.165) is 5.56 Å². The highest BCUT2D eigenvalue weighted by Gasteiger charge is 2.27. The number of nitrogens with zero attached hydrogens (tertiary/aromatic N) is 3. The Morgan fingerprint density at radius 3 is 2.17 bits per heavy atom. The van der Waals surface area contributed by atoms with Crippen molar-refractivity contribution in [3.05, 3.63) is 102 Å². The molecule has 36 heavy (non-hydrogen) atoms. The lowest BCUT2D eigenvalue weighted by Gasteiger charge is -2.13. The minimum Gasteiger partial charge on any atom is -0.383 e. The van der Waals surface area contributed by atoms with Crippen LogP contribution in [0.3, 0.4) is 0 Å². The third-order valence-electron chi connectivity index (χ3n) is 5.82. The van der Waals surface area contributed by atoms with Crippen molar-refractivity contribution in [1.82, 2.24) is 19.9 Å². The highest BCUT2D eigenvalue weighted by molar-refractivity contribution is 6.15. The van der Waals surface area contributed by atoms with Gasteiger partial charge in [-0.2, -0.15) is 0 Å².